The Labute approximate surface area is 95.4 Å². The van der Waals surface area contributed by atoms with Crippen LogP contribution in [-0.2, 0) is 11.3 Å². The molecule has 0 spiro atoms. The Morgan fingerprint density at radius 3 is 2.76 bits per heavy atom. The van der Waals surface area contributed by atoms with Gasteiger partial charge >= 0.3 is 0 Å². The lowest BCUT2D eigenvalue weighted by Gasteiger charge is -2.15. The van der Waals surface area contributed by atoms with Gasteiger partial charge in [0.05, 0.1) is 23.0 Å². The normalized spacial score (nSPS) is 13.6. The maximum absolute atomic E-state index is 11.7. The highest BCUT2D eigenvalue weighted by molar-refractivity contribution is 6.00. The molecule has 1 aromatic carbocycles. The fourth-order valence-electron chi connectivity index (χ4n) is 1.75. The van der Waals surface area contributed by atoms with Crippen molar-refractivity contribution < 1.29 is 19.6 Å². The highest BCUT2D eigenvalue weighted by Gasteiger charge is 2.28. The van der Waals surface area contributed by atoms with E-state index in [1.165, 1.54) is 12.1 Å². The van der Waals surface area contributed by atoms with Crippen LogP contribution in [0.4, 0.5) is 5.69 Å². The van der Waals surface area contributed by atoms with Crippen molar-refractivity contribution in [2.24, 2.45) is 0 Å². The van der Waals surface area contributed by atoms with E-state index in [0.29, 0.717) is 5.56 Å². The third-order valence-corrected chi connectivity index (χ3v) is 2.50. The maximum Gasteiger partial charge on any atom is 0.270 e. The molecule has 0 aromatic heterocycles. The van der Waals surface area contributed by atoms with E-state index >= 15 is 0 Å². The van der Waals surface area contributed by atoms with Gasteiger partial charge in [-0.05, 0) is 11.6 Å². The fraction of sp³-hybridized carbons (Fsp3) is 0.200. The fourth-order valence-corrected chi connectivity index (χ4v) is 1.75. The largest absolute Gasteiger partial charge is 0.548 e. The zero-order chi connectivity index (χ0) is 12.6. The van der Waals surface area contributed by atoms with Crippen molar-refractivity contribution in [1.82, 2.24) is 4.90 Å². The Balaban J connectivity index is 2.32. The molecule has 1 aliphatic rings. The number of nitro benzene ring substituents is 1. The van der Waals surface area contributed by atoms with Gasteiger partial charge in [-0.1, -0.05) is 0 Å². The van der Waals surface area contributed by atoms with E-state index in [1.54, 1.807) is 0 Å². The SMILES string of the molecule is O=C([O-])CN1Cc2ccc([N+](=O)[O-])cc2C1=O. The van der Waals surface area contributed by atoms with E-state index in [9.17, 15) is 24.8 Å². The van der Waals surface area contributed by atoms with Gasteiger partial charge in [0, 0.05) is 18.7 Å². The Morgan fingerprint density at radius 2 is 2.18 bits per heavy atom. The Kier molecular flexibility index (Phi) is 2.51. The van der Waals surface area contributed by atoms with Crippen LogP contribution in [0.1, 0.15) is 15.9 Å². The molecule has 0 aliphatic carbocycles. The van der Waals surface area contributed by atoms with Crippen LogP contribution in [0.2, 0.25) is 0 Å². The molecule has 7 nitrogen and oxygen atoms in total. The molecule has 0 N–H and O–H groups in total. The number of non-ortho nitro benzene ring substituents is 1. The van der Waals surface area contributed by atoms with E-state index in [-0.39, 0.29) is 17.8 Å². The smallest absolute Gasteiger partial charge is 0.270 e. The van der Waals surface area contributed by atoms with E-state index in [1.807, 2.05) is 0 Å². The van der Waals surface area contributed by atoms with Gasteiger partial charge in [0.2, 0.25) is 0 Å². The summed E-state index contributed by atoms with van der Waals surface area (Å²) in [6, 6.07) is 3.90. The Bertz CT molecular complexity index is 525. The van der Waals surface area contributed by atoms with E-state index in [2.05, 4.69) is 0 Å². The van der Waals surface area contributed by atoms with Gasteiger partial charge in [-0.15, -0.1) is 0 Å². The second-order valence-electron chi connectivity index (χ2n) is 3.63. The number of amides is 1. The van der Waals surface area contributed by atoms with Crippen LogP contribution < -0.4 is 5.11 Å². The summed E-state index contributed by atoms with van der Waals surface area (Å²) in [5, 5.41) is 21.0. The van der Waals surface area contributed by atoms with Crippen LogP contribution >= 0.6 is 0 Å². The highest BCUT2D eigenvalue weighted by atomic mass is 16.6. The molecule has 1 amide bonds. The minimum Gasteiger partial charge on any atom is -0.548 e. The van der Waals surface area contributed by atoms with Gasteiger partial charge in [0.1, 0.15) is 0 Å². The quantitative estimate of drug-likeness (QED) is 0.509. The average molecular weight is 235 g/mol. The molecule has 0 bridgehead atoms. The van der Waals surface area contributed by atoms with Gasteiger partial charge in [-0.3, -0.25) is 14.9 Å². The number of aliphatic carboxylic acids is 1. The second-order valence-corrected chi connectivity index (χ2v) is 3.63. The third-order valence-electron chi connectivity index (χ3n) is 2.50. The van der Waals surface area contributed by atoms with Gasteiger partial charge in [-0.2, -0.15) is 0 Å². The summed E-state index contributed by atoms with van der Waals surface area (Å²) >= 11 is 0. The number of carbonyl (C=O) groups excluding carboxylic acids is 2. The number of nitrogens with zero attached hydrogens (tertiary/aromatic N) is 2. The zero-order valence-corrected chi connectivity index (χ0v) is 8.58. The molecular weight excluding hydrogens is 228 g/mol. The Hall–Kier alpha value is -2.44. The maximum atomic E-state index is 11.7. The predicted octanol–water partition coefficient (Wildman–Crippen LogP) is -0.700. The van der Waals surface area contributed by atoms with Gasteiger partial charge in [-0.25, -0.2) is 0 Å². The van der Waals surface area contributed by atoms with E-state index < -0.39 is 23.3 Å². The zero-order valence-electron chi connectivity index (χ0n) is 8.58. The minimum absolute atomic E-state index is 0.139. The molecule has 17 heavy (non-hydrogen) atoms. The first-order valence-electron chi connectivity index (χ1n) is 4.75. The summed E-state index contributed by atoms with van der Waals surface area (Å²) in [5.74, 6) is -1.88. The molecule has 0 unspecified atom stereocenters. The first kappa shape index (κ1) is 11.1. The molecule has 1 heterocycles. The second kappa shape index (κ2) is 3.85. The summed E-state index contributed by atoms with van der Waals surface area (Å²) < 4.78 is 0. The Morgan fingerprint density at radius 1 is 1.47 bits per heavy atom. The van der Waals surface area contributed by atoms with Crippen molar-refractivity contribution in [3.63, 3.8) is 0 Å². The lowest BCUT2D eigenvalue weighted by molar-refractivity contribution is -0.384. The first-order valence-corrected chi connectivity index (χ1v) is 4.75. The van der Waals surface area contributed by atoms with Crippen molar-refractivity contribution in [2.45, 2.75) is 6.54 Å². The number of carboxylic acids is 1. The lowest BCUT2D eigenvalue weighted by Crippen LogP contribution is -2.38. The predicted molar refractivity (Wildman–Crippen MR) is 52.8 cm³/mol. The number of carbonyl (C=O) groups is 2. The molecule has 1 aromatic rings. The molecule has 0 saturated carbocycles. The summed E-state index contributed by atoms with van der Waals surface area (Å²) in [5.41, 5.74) is 0.578. The molecule has 1 aliphatic heterocycles. The van der Waals surface area contributed by atoms with E-state index in [0.717, 1.165) is 11.0 Å². The van der Waals surface area contributed by atoms with Gasteiger partial charge < -0.3 is 14.8 Å². The van der Waals surface area contributed by atoms with Crippen molar-refractivity contribution in [3.8, 4) is 0 Å². The molecule has 7 heteroatoms. The van der Waals surface area contributed by atoms with Crippen LogP contribution in [0.15, 0.2) is 18.2 Å². The molecule has 0 fully saturated rings. The van der Waals surface area contributed by atoms with Crippen LogP contribution in [0.5, 0.6) is 0 Å². The van der Waals surface area contributed by atoms with Crippen LogP contribution in [-0.4, -0.2) is 28.2 Å². The van der Waals surface area contributed by atoms with Crippen LogP contribution in [0.25, 0.3) is 0 Å². The van der Waals surface area contributed by atoms with Gasteiger partial charge in [0.15, 0.2) is 0 Å². The van der Waals surface area contributed by atoms with Crippen LogP contribution in [0.3, 0.4) is 0 Å². The molecular formula is C10H7N2O5-. The lowest BCUT2D eigenvalue weighted by atomic mass is 10.1. The van der Waals surface area contributed by atoms with E-state index in [4.69, 9.17) is 0 Å². The highest BCUT2D eigenvalue weighted by Crippen LogP contribution is 2.26. The van der Waals surface area contributed by atoms with Crippen molar-refractivity contribution >= 4 is 17.6 Å². The summed E-state index contributed by atoms with van der Waals surface area (Å²) in [4.78, 5) is 33.1. The summed E-state index contributed by atoms with van der Waals surface area (Å²) in [6.07, 6.45) is 0. The molecule has 0 saturated heterocycles. The molecule has 2 rings (SSSR count). The standard InChI is InChI=1S/C10H8N2O5/c13-9(14)5-11-4-6-1-2-7(12(16)17)3-8(6)10(11)15/h1-3H,4-5H2,(H,13,14)/p-1. The molecule has 0 atom stereocenters. The number of rotatable bonds is 3. The van der Waals surface area contributed by atoms with Crippen molar-refractivity contribution in [3.05, 3.63) is 39.4 Å². The van der Waals surface area contributed by atoms with Crippen molar-refractivity contribution in [2.75, 3.05) is 6.54 Å². The number of benzene rings is 1. The summed E-state index contributed by atoms with van der Waals surface area (Å²) in [6.45, 7) is -0.374. The minimum atomic E-state index is -1.36. The monoisotopic (exact) mass is 235 g/mol. The average Bonchev–Trinajstić information content (AvgIpc) is 2.55. The summed E-state index contributed by atoms with van der Waals surface area (Å²) in [7, 11) is 0. The number of hydrogen-bond acceptors (Lipinski definition) is 5. The first-order chi connectivity index (χ1) is 7.99. The molecule has 0 radical (unpaired) electrons. The number of hydrogen-bond donors (Lipinski definition) is 0. The third kappa shape index (κ3) is 1.94. The number of nitro groups is 1. The number of carboxylic acid groups (broad SMARTS) is 1. The topological polar surface area (TPSA) is 104 Å². The molecule has 88 valence electrons. The van der Waals surface area contributed by atoms with Gasteiger partial charge in [0.25, 0.3) is 11.6 Å². The van der Waals surface area contributed by atoms with Crippen LogP contribution in [0, 0.1) is 10.1 Å². The number of fused-ring (bicyclic) bond motifs is 1. The van der Waals surface area contributed by atoms with Crippen molar-refractivity contribution in [1.29, 1.82) is 0 Å².